The number of hydrogen-bond donors (Lipinski definition) is 1. The van der Waals surface area contributed by atoms with Gasteiger partial charge in [-0.1, -0.05) is 42.5 Å². The molecule has 1 heterocycles. The topological polar surface area (TPSA) is 82.1 Å². The standard InChI is InChI=1S/C22H22O6/c1-26-19(25)10-9-14-5-4-7-16-15-6-2-3-8-17(15)22(21(14)16)12-27-20(28-13-22)11-18(23)24/h2-8,20H,9-13H2,1H3,(H,23,24). The van der Waals surface area contributed by atoms with Crippen molar-refractivity contribution < 1.29 is 28.9 Å². The highest BCUT2D eigenvalue weighted by Crippen LogP contribution is 2.52. The van der Waals surface area contributed by atoms with E-state index in [1.165, 1.54) is 7.11 Å². The van der Waals surface area contributed by atoms with Gasteiger partial charge in [0.25, 0.3) is 0 Å². The molecule has 0 unspecified atom stereocenters. The van der Waals surface area contributed by atoms with Gasteiger partial charge in [-0.25, -0.2) is 0 Å². The van der Waals surface area contributed by atoms with Crippen molar-refractivity contribution in [3.8, 4) is 11.1 Å². The van der Waals surface area contributed by atoms with E-state index < -0.39 is 17.7 Å². The van der Waals surface area contributed by atoms with Gasteiger partial charge in [0.15, 0.2) is 6.29 Å². The van der Waals surface area contributed by atoms with Crippen molar-refractivity contribution in [2.75, 3.05) is 20.3 Å². The summed E-state index contributed by atoms with van der Waals surface area (Å²) in [5.41, 5.74) is 5.01. The molecule has 0 amide bonds. The van der Waals surface area contributed by atoms with Gasteiger partial charge in [0, 0.05) is 6.42 Å². The number of aliphatic carboxylic acids is 1. The first-order chi connectivity index (χ1) is 13.5. The van der Waals surface area contributed by atoms with E-state index in [4.69, 9.17) is 19.3 Å². The minimum absolute atomic E-state index is 0.186. The predicted molar refractivity (Wildman–Crippen MR) is 101 cm³/mol. The van der Waals surface area contributed by atoms with Crippen LogP contribution in [0.3, 0.4) is 0 Å². The Kier molecular flexibility index (Phi) is 4.91. The molecule has 0 aromatic heterocycles. The number of ether oxygens (including phenoxy) is 3. The maximum atomic E-state index is 11.7. The average Bonchev–Trinajstić information content (AvgIpc) is 2.98. The van der Waals surface area contributed by atoms with Gasteiger partial charge in [0.2, 0.25) is 0 Å². The number of fused-ring (bicyclic) bond motifs is 5. The van der Waals surface area contributed by atoms with E-state index >= 15 is 0 Å². The second-order valence-corrected chi connectivity index (χ2v) is 7.19. The summed E-state index contributed by atoms with van der Waals surface area (Å²) in [6.07, 6.45) is -0.0804. The quantitative estimate of drug-likeness (QED) is 0.801. The highest BCUT2D eigenvalue weighted by atomic mass is 16.7. The fourth-order valence-electron chi connectivity index (χ4n) is 4.33. The van der Waals surface area contributed by atoms with Gasteiger partial charge >= 0.3 is 11.9 Å². The molecule has 1 saturated heterocycles. The molecule has 2 aromatic rings. The van der Waals surface area contributed by atoms with Crippen LogP contribution in [0.1, 0.15) is 29.5 Å². The third-order valence-electron chi connectivity index (χ3n) is 5.56. The fraction of sp³-hybridized carbons (Fsp3) is 0.364. The van der Waals surface area contributed by atoms with Crippen LogP contribution < -0.4 is 0 Å². The van der Waals surface area contributed by atoms with Crippen LogP contribution in [-0.4, -0.2) is 43.7 Å². The zero-order chi connectivity index (χ0) is 19.7. The Morgan fingerprint density at radius 2 is 1.82 bits per heavy atom. The lowest BCUT2D eigenvalue weighted by atomic mass is 9.76. The van der Waals surface area contributed by atoms with Crippen molar-refractivity contribution >= 4 is 11.9 Å². The smallest absolute Gasteiger partial charge is 0.308 e. The number of methoxy groups -OCH3 is 1. The number of aryl methyl sites for hydroxylation is 1. The van der Waals surface area contributed by atoms with E-state index in [0.717, 1.165) is 27.8 Å². The summed E-state index contributed by atoms with van der Waals surface area (Å²) >= 11 is 0. The molecule has 1 spiro atoms. The van der Waals surface area contributed by atoms with E-state index in [-0.39, 0.29) is 12.4 Å². The highest BCUT2D eigenvalue weighted by Gasteiger charge is 2.48. The summed E-state index contributed by atoms with van der Waals surface area (Å²) in [6, 6.07) is 14.2. The van der Waals surface area contributed by atoms with Crippen molar-refractivity contribution in [3.63, 3.8) is 0 Å². The number of carbonyl (C=O) groups is 2. The van der Waals surface area contributed by atoms with Gasteiger partial charge in [0.1, 0.15) is 0 Å². The SMILES string of the molecule is COC(=O)CCc1cccc2c1C1(COC(CC(=O)O)OC1)c1ccccc1-2. The molecule has 0 bridgehead atoms. The molecule has 1 fully saturated rings. The molecule has 6 nitrogen and oxygen atoms in total. The average molecular weight is 382 g/mol. The maximum absolute atomic E-state index is 11.7. The number of carboxylic acid groups (broad SMARTS) is 1. The first-order valence-corrected chi connectivity index (χ1v) is 9.29. The van der Waals surface area contributed by atoms with Gasteiger partial charge in [0.05, 0.1) is 32.2 Å². The summed E-state index contributed by atoms with van der Waals surface area (Å²) in [4.78, 5) is 22.7. The van der Waals surface area contributed by atoms with E-state index in [2.05, 4.69) is 18.2 Å². The second kappa shape index (κ2) is 7.37. The van der Waals surface area contributed by atoms with E-state index in [1.807, 2.05) is 24.3 Å². The van der Waals surface area contributed by atoms with Crippen LogP contribution in [0.5, 0.6) is 0 Å². The molecule has 0 radical (unpaired) electrons. The largest absolute Gasteiger partial charge is 0.481 e. The van der Waals surface area contributed by atoms with Gasteiger partial charge in [-0.3, -0.25) is 9.59 Å². The monoisotopic (exact) mass is 382 g/mol. The Hall–Kier alpha value is -2.70. The van der Waals surface area contributed by atoms with Gasteiger partial charge in [-0.2, -0.15) is 0 Å². The van der Waals surface area contributed by atoms with Crippen molar-refractivity contribution in [1.29, 1.82) is 0 Å². The van der Waals surface area contributed by atoms with Crippen LogP contribution in [0.15, 0.2) is 42.5 Å². The zero-order valence-corrected chi connectivity index (χ0v) is 15.6. The Morgan fingerprint density at radius 3 is 2.54 bits per heavy atom. The number of carboxylic acids is 1. The summed E-state index contributed by atoms with van der Waals surface area (Å²) in [5, 5.41) is 9.02. The predicted octanol–water partition coefficient (Wildman–Crippen LogP) is 2.91. The molecule has 2 aromatic carbocycles. The molecular formula is C22H22O6. The van der Waals surface area contributed by atoms with Crippen LogP contribution in [0.4, 0.5) is 0 Å². The molecule has 1 N–H and O–H groups in total. The molecule has 1 aliphatic carbocycles. The first-order valence-electron chi connectivity index (χ1n) is 9.29. The molecule has 1 aliphatic heterocycles. The number of esters is 1. The Labute approximate surface area is 163 Å². The third-order valence-corrected chi connectivity index (χ3v) is 5.56. The van der Waals surface area contributed by atoms with E-state index in [1.54, 1.807) is 0 Å². The van der Waals surface area contributed by atoms with Crippen LogP contribution >= 0.6 is 0 Å². The number of benzene rings is 2. The minimum atomic E-state index is -0.952. The zero-order valence-electron chi connectivity index (χ0n) is 15.6. The molecular weight excluding hydrogens is 360 g/mol. The maximum Gasteiger partial charge on any atom is 0.308 e. The Bertz CT molecular complexity index is 911. The Balaban J connectivity index is 1.74. The molecule has 4 rings (SSSR count). The fourth-order valence-corrected chi connectivity index (χ4v) is 4.33. The summed E-state index contributed by atoms with van der Waals surface area (Å²) in [6.45, 7) is 0.675. The van der Waals surface area contributed by atoms with E-state index in [9.17, 15) is 9.59 Å². The minimum Gasteiger partial charge on any atom is -0.481 e. The highest BCUT2D eigenvalue weighted by molar-refractivity contribution is 5.83. The molecule has 28 heavy (non-hydrogen) atoms. The van der Waals surface area contributed by atoms with Crippen molar-refractivity contribution in [3.05, 3.63) is 59.2 Å². The third kappa shape index (κ3) is 3.08. The van der Waals surface area contributed by atoms with Crippen LogP contribution in [0.25, 0.3) is 11.1 Å². The van der Waals surface area contributed by atoms with Crippen LogP contribution in [0, 0.1) is 0 Å². The number of hydrogen-bond acceptors (Lipinski definition) is 5. The molecule has 0 saturated carbocycles. The Morgan fingerprint density at radius 1 is 1.11 bits per heavy atom. The lowest BCUT2D eigenvalue weighted by Crippen LogP contribution is -2.45. The molecule has 146 valence electrons. The first kappa shape index (κ1) is 18.7. The molecule has 0 atom stereocenters. The van der Waals surface area contributed by atoms with Gasteiger partial charge < -0.3 is 19.3 Å². The van der Waals surface area contributed by atoms with Crippen molar-refractivity contribution in [2.24, 2.45) is 0 Å². The summed E-state index contributed by atoms with van der Waals surface area (Å²) in [5.74, 6) is -1.20. The summed E-state index contributed by atoms with van der Waals surface area (Å²) < 4.78 is 16.5. The van der Waals surface area contributed by atoms with Gasteiger partial charge in [-0.15, -0.1) is 0 Å². The van der Waals surface area contributed by atoms with Crippen molar-refractivity contribution in [1.82, 2.24) is 0 Å². The lowest BCUT2D eigenvalue weighted by Gasteiger charge is -2.39. The van der Waals surface area contributed by atoms with E-state index in [0.29, 0.717) is 26.1 Å². The van der Waals surface area contributed by atoms with Crippen LogP contribution in [0.2, 0.25) is 0 Å². The van der Waals surface area contributed by atoms with Crippen LogP contribution in [-0.2, 0) is 35.6 Å². The molecule has 6 heteroatoms. The second-order valence-electron chi connectivity index (χ2n) is 7.19. The summed E-state index contributed by atoms with van der Waals surface area (Å²) in [7, 11) is 1.39. The lowest BCUT2D eigenvalue weighted by molar-refractivity contribution is -0.208. The van der Waals surface area contributed by atoms with Gasteiger partial charge in [-0.05, 0) is 34.2 Å². The van der Waals surface area contributed by atoms with Crippen molar-refractivity contribution in [2.45, 2.75) is 31.0 Å². The number of carbonyl (C=O) groups excluding carboxylic acids is 1. The normalized spacial score (nSPS) is 22.5. The molecule has 2 aliphatic rings. The number of rotatable bonds is 5.